The van der Waals surface area contributed by atoms with Crippen LogP contribution < -0.4 is 0 Å². The predicted octanol–water partition coefficient (Wildman–Crippen LogP) is 4.42. The molecule has 1 unspecified atom stereocenters. The third-order valence-corrected chi connectivity index (χ3v) is 6.10. The highest BCUT2D eigenvalue weighted by molar-refractivity contribution is 5.27. The molecule has 3 aliphatic carbocycles. The van der Waals surface area contributed by atoms with Crippen LogP contribution in [-0.2, 0) is 0 Å². The molecule has 3 aliphatic rings. The summed E-state index contributed by atoms with van der Waals surface area (Å²) in [6.07, 6.45) is 8.36. The highest BCUT2D eigenvalue weighted by atomic mass is 14.7. The Hall–Kier alpha value is -0.260. The van der Waals surface area contributed by atoms with Crippen LogP contribution >= 0.6 is 0 Å². The molecule has 0 N–H and O–H groups in total. The molecule has 3 rings (SSSR count). The van der Waals surface area contributed by atoms with Crippen molar-refractivity contribution in [1.29, 1.82) is 0 Å². The summed E-state index contributed by atoms with van der Waals surface area (Å²) in [7, 11) is 0. The van der Waals surface area contributed by atoms with Crippen LogP contribution in [0.1, 0.15) is 53.4 Å². The van der Waals surface area contributed by atoms with Gasteiger partial charge in [-0.2, -0.15) is 0 Å². The molecule has 0 aliphatic heterocycles. The van der Waals surface area contributed by atoms with Gasteiger partial charge in [0.1, 0.15) is 0 Å². The minimum Gasteiger partial charge on any atom is -0.0847 e. The molecular weight excluding hydrogens is 180 g/mol. The van der Waals surface area contributed by atoms with Gasteiger partial charge in [0.25, 0.3) is 0 Å². The molecule has 0 heteroatoms. The van der Waals surface area contributed by atoms with Crippen LogP contribution in [0.25, 0.3) is 0 Å². The summed E-state index contributed by atoms with van der Waals surface area (Å²) in [5.74, 6) is 2.89. The van der Waals surface area contributed by atoms with Gasteiger partial charge in [0, 0.05) is 0 Å². The van der Waals surface area contributed by atoms with Crippen molar-refractivity contribution in [2.75, 3.05) is 0 Å². The van der Waals surface area contributed by atoms with E-state index in [2.05, 4.69) is 33.8 Å². The zero-order valence-corrected chi connectivity index (χ0v) is 10.6. The topological polar surface area (TPSA) is 0 Å². The van der Waals surface area contributed by atoms with Crippen molar-refractivity contribution in [3.63, 3.8) is 0 Å². The maximum atomic E-state index is 2.55. The molecule has 15 heavy (non-hydrogen) atoms. The fraction of sp³-hybridized carbons (Fsp3) is 0.867. The van der Waals surface area contributed by atoms with Crippen LogP contribution in [0.5, 0.6) is 0 Å². The largest absolute Gasteiger partial charge is 0.0847 e. The first-order chi connectivity index (χ1) is 6.98. The molecule has 0 radical (unpaired) electrons. The van der Waals surface area contributed by atoms with Crippen molar-refractivity contribution in [3.05, 3.63) is 11.6 Å². The van der Waals surface area contributed by atoms with Crippen molar-refractivity contribution in [1.82, 2.24) is 0 Å². The van der Waals surface area contributed by atoms with Gasteiger partial charge in [-0.15, -0.1) is 0 Å². The standard InChI is InChI=1S/C15H24/c1-10-7-8-15-11(2)5-6-13(15)14(3,4)9-12(10)15/h7,11-13H,5-6,8-9H2,1-4H3/t11-,12+,13-,15?/m1/s1. The van der Waals surface area contributed by atoms with E-state index in [1.807, 2.05) is 0 Å². The molecule has 0 nitrogen and oxygen atoms in total. The molecule has 0 saturated heterocycles. The second kappa shape index (κ2) is 2.70. The molecule has 0 aromatic heterocycles. The van der Waals surface area contributed by atoms with E-state index in [0.29, 0.717) is 10.8 Å². The van der Waals surface area contributed by atoms with Gasteiger partial charge in [-0.05, 0) is 61.2 Å². The van der Waals surface area contributed by atoms with Crippen LogP contribution in [0.2, 0.25) is 0 Å². The number of hydrogen-bond donors (Lipinski definition) is 0. The van der Waals surface area contributed by atoms with E-state index in [1.54, 1.807) is 5.57 Å². The fourth-order valence-corrected chi connectivity index (χ4v) is 5.41. The Kier molecular flexibility index (Phi) is 1.79. The lowest BCUT2D eigenvalue weighted by Gasteiger charge is -2.37. The van der Waals surface area contributed by atoms with E-state index in [0.717, 1.165) is 17.8 Å². The van der Waals surface area contributed by atoms with Gasteiger partial charge in [0.05, 0.1) is 0 Å². The van der Waals surface area contributed by atoms with Crippen molar-refractivity contribution >= 4 is 0 Å². The maximum Gasteiger partial charge on any atom is -0.0136 e. The Balaban J connectivity index is 2.08. The predicted molar refractivity (Wildman–Crippen MR) is 64.6 cm³/mol. The Morgan fingerprint density at radius 1 is 1.27 bits per heavy atom. The van der Waals surface area contributed by atoms with Crippen molar-refractivity contribution in [2.24, 2.45) is 28.6 Å². The second-order valence-corrected chi connectivity index (χ2v) is 7.04. The lowest BCUT2D eigenvalue weighted by Crippen LogP contribution is -2.32. The number of rotatable bonds is 0. The van der Waals surface area contributed by atoms with Gasteiger partial charge in [-0.3, -0.25) is 0 Å². The quantitative estimate of drug-likeness (QED) is 0.513. The molecule has 84 valence electrons. The van der Waals surface area contributed by atoms with Gasteiger partial charge < -0.3 is 0 Å². The summed E-state index contributed by atoms with van der Waals surface area (Å²) >= 11 is 0. The number of allylic oxidation sites excluding steroid dienone is 2. The SMILES string of the molecule is CC1=CCC23[C@H](C)CC[C@@H]2C(C)(C)C[C@@H]13. The van der Waals surface area contributed by atoms with E-state index < -0.39 is 0 Å². The van der Waals surface area contributed by atoms with Crippen LogP contribution in [0, 0.1) is 28.6 Å². The van der Waals surface area contributed by atoms with Crippen molar-refractivity contribution in [2.45, 2.75) is 53.4 Å². The Bertz CT molecular complexity index is 323. The van der Waals surface area contributed by atoms with Crippen molar-refractivity contribution < 1.29 is 0 Å². The molecule has 0 aromatic rings. The van der Waals surface area contributed by atoms with E-state index in [-0.39, 0.29) is 0 Å². The highest BCUT2D eigenvalue weighted by Gasteiger charge is 2.64. The van der Waals surface area contributed by atoms with Crippen LogP contribution in [0.15, 0.2) is 11.6 Å². The van der Waals surface area contributed by atoms with Crippen LogP contribution in [0.4, 0.5) is 0 Å². The third-order valence-electron chi connectivity index (χ3n) is 6.10. The van der Waals surface area contributed by atoms with E-state index in [4.69, 9.17) is 0 Å². The monoisotopic (exact) mass is 204 g/mol. The molecule has 0 heterocycles. The van der Waals surface area contributed by atoms with E-state index in [9.17, 15) is 0 Å². The fourth-order valence-electron chi connectivity index (χ4n) is 5.41. The zero-order chi connectivity index (χ0) is 10.8. The average Bonchev–Trinajstić information content (AvgIpc) is 2.70. The second-order valence-electron chi connectivity index (χ2n) is 7.04. The maximum absolute atomic E-state index is 2.55. The molecule has 4 atom stereocenters. The van der Waals surface area contributed by atoms with Gasteiger partial charge in [-0.1, -0.05) is 32.4 Å². The number of hydrogen-bond acceptors (Lipinski definition) is 0. The van der Waals surface area contributed by atoms with Gasteiger partial charge in [0.15, 0.2) is 0 Å². The first-order valence-corrected chi connectivity index (χ1v) is 6.65. The minimum absolute atomic E-state index is 0.602. The first-order valence-electron chi connectivity index (χ1n) is 6.65. The summed E-state index contributed by atoms with van der Waals surface area (Å²) in [6.45, 7) is 9.93. The summed E-state index contributed by atoms with van der Waals surface area (Å²) in [5, 5.41) is 0. The van der Waals surface area contributed by atoms with Gasteiger partial charge in [0.2, 0.25) is 0 Å². The zero-order valence-electron chi connectivity index (χ0n) is 10.6. The van der Waals surface area contributed by atoms with Crippen LogP contribution in [0.3, 0.4) is 0 Å². The molecule has 0 aromatic carbocycles. The van der Waals surface area contributed by atoms with Gasteiger partial charge >= 0.3 is 0 Å². The summed E-state index contributed by atoms with van der Waals surface area (Å²) in [6, 6.07) is 0. The minimum atomic E-state index is 0.602. The molecule has 0 amide bonds. The Morgan fingerprint density at radius 2 is 2.00 bits per heavy atom. The molecule has 1 spiro atoms. The summed E-state index contributed by atoms with van der Waals surface area (Å²) in [4.78, 5) is 0. The van der Waals surface area contributed by atoms with Gasteiger partial charge in [-0.25, -0.2) is 0 Å². The Labute approximate surface area is 94.1 Å². The summed E-state index contributed by atoms with van der Waals surface area (Å²) in [5.41, 5.74) is 3.00. The van der Waals surface area contributed by atoms with Crippen LogP contribution in [-0.4, -0.2) is 0 Å². The molecule has 2 saturated carbocycles. The third kappa shape index (κ3) is 0.990. The normalized spacial score (nSPS) is 51.5. The molecule has 2 fully saturated rings. The summed E-state index contributed by atoms with van der Waals surface area (Å²) < 4.78 is 0. The molecule has 0 bridgehead atoms. The average molecular weight is 204 g/mol. The first kappa shape index (κ1) is 9.93. The van der Waals surface area contributed by atoms with E-state index in [1.165, 1.54) is 25.7 Å². The smallest absolute Gasteiger partial charge is 0.0136 e. The lowest BCUT2D eigenvalue weighted by molar-refractivity contribution is 0.114. The van der Waals surface area contributed by atoms with E-state index >= 15 is 0 Å². The van der Waals surface area contributed by atoms with Crippen molar-refractivity contribution in [3.8, 4) is 0 Å². The molecular formula is C15H24. The lowest BCUT2D eigenvalue weighted by atomic mass is 9.66. The highest BCUT2D eigenvalue weighted by Crippen LogP contribution is 2.71. The Morgan fingerprint density at radius 3 is 2.73 bits per heavy atom.